The van der Waals surface area contributed by atoms with Crippen molar-refractivity contribution < 1.29 is 22.7 Å². The summed E-state index contributed by atoms with van der Waals surface area (Å²) in [5.74, 6) is -4.60. The Morgan fingerprint density at radius 1 is 0.810 bits per heavy atom. The van der Waals surface area contributed by atoms with Gasteiger partial charge in [-0.05, 0) is 29.5 Å². The lowest BCUT2D eigenvalue weighted by Crippen LogP contribution is -2.43. The van der Waals surface area contributed by atoms with Crippen LogP contribution in [0.1, 0.15) is 11.7 Å². The molecule has 0 aliphatic rings. The molecule has 1 N–H and O–H groups in total. The molecular formula is C15H12F4OS. The van der Waals surface area contributed by atoms with E-state index in [0.717, 1.165) is 0 Å². The number of hydrogen-bond acceptors (Lipinski definition) is 2. The summed E-state index contributed by atoms with van der Waals surface area (Å²) >= 11 is -0.268. The van der Waals surface area contributed by atoms with Crippen molar-refractivity contribution >= 4 is 11.8 Å². The van der Waals surface area contributed by atoms with Crippen molar-refractivity contribution in [2.75, 3.05) is 0 Å². The molecule has 0 saturated carbocycles. The van der Waals surface area contributed by atoms with Gasteiger partial charge < -0.3 is 5.11 Å². The Hall–Kier alpha value is -1.53. The van der Waals surface area contributed by atoms with Gasteiger partial charge in [-0.25, -0.2) is 0 Å². The molecule has 112 valence electrons. The molecule has 0 amide bonds. The van der Waals surface area contributed by atoms with E-state index in [9.17, 15) is 22.7 Å². The van der Waals surface area contributed by atoms with Crippen molar-refractivity contribution in [1.29, 1.82) is 0 Å². The zero-order valence-corrected chi connectivity index (χ0v) is 11.5. The van der Waals surface area contributed by atoms with Crippen LogP contribution >= 0.6 is 11.8 Å². The van der Waals surface area contributed by atoms with Crippen molar-refractivity contribution in [2.24, 2.45) is 0 Å². The average molecular weight is 316 g/mol. The van der Waals surface area contributed by atoms with E-state index in [4.69, 9.17) is 0 Å². The Kier molecular flexibility index (Phi) is 4.58. The minimum Gasteiger partial charge on any atom is -0.382 e. The van der Waals surface area contributed by atoms with Crippen LogP contribution in [0.2, 0.25) is 0 Å². The third-order valence-electron chi connectivity index (χ3n) is 2.84. The molecule has 1 unspecified atom stereocenters. The monoisotopic (exact) mass is 316 g/mol. The fraction of sp³-hybridized carbons (Fsp3) is 0.200. The van der Waals surface area contributed by atoms with Crippen LogP contribution in [0.25, 0.3) is 0 Å². The van der Waals surface area contributed by atoms with Crippen molar-refractivity contribution in [2.45, 2.75) is 22.2 Å². The summed E-state index contributed by atoms with van der Waals surface area (Å²) in [5.41, 5.74) is -0.254. The standard InChI is InChI=1S/C15H12F4OS/c16-14(17,13(20)11-7-3-1-4-8-11)15(18,19)21-12-9-5-2-6-10-12/h1-10,13,20H. The van der Waals surface area contributed by atoms with Gasteiger partial charge in [-0.15, -0.1) is 0 Å². The van der Waals surface area contributed by atoms with E-state index >= 15 is 0 Å². The predicted octanol–water partition coefficient (Wildman–Crippen LogP) is 4.74. The number of halogens is 4. The summed E-state index contributed by atoms with van der Waals surface area (Å²) in [5, 5.41) is 5.18. The van der Waals surface area contributed by atoms with Crippen LogP contribution < -0.4 is 0 Å². The third kappa shape index (κ3) is 3.39. The maximum atomic E-state index is 13.9. The Morgan fingerprint density at radius 3 is 1.81 bits per heavy atom. The van der Waals surface area contributed by atoms with E-state index < -0.39 is 17.3 Å². The number of rotatable bonds is 5. The number of aliphatic hydroxyl groups is 1. The molecule has 0 radical (unpaired) electrons. The second-order valence-corrected chi connectivity index (χ2v) is 5.56. The summed E-state index contributed by atoms with van der Waals surface area (Å²) < 4.78 is 55.6. The highest BCUT2D eigenvalue weighted by Gasteiger charge is 2.62. The zero-order chi connectivity index (χ0) is 15.5. The number of hydrogen-bond donors (Lipinski definition) is 1. The van der Waals surface area contributed by atoms with Crippen LogP contribution in [-0.2, 0) is 0 Å². The van der Waals surface area contributed by atoms with Crippen LogP contribution in [0.4, 0.5) is 17.6 Å². The topological polar surface area (TPSA) is 20.2 Å². The fourth-order valence-electron chi connectivity index (χ4n) is 1.71. The maximum Gasteiger partial charge on any atom is 0.363 e. The molecule has 0 fully saturated rings. The molecule has 0 aromatic heterocycles. The first-order chi connectivity index (χ1) is 9.84. The number of alkyl halides is 4. The van der Waals surface area contributed by atoms with Crippen molar-refractivity contribution in [3.05, 3.63) is 66.2 Å². The first kappa shape index (κ1) is 15.9. The first-order valence-electron chi connectivity index (χ1n) is 6.07. The lowest BCUT2D eigenvalue weighted by Gasteiger charge is -2.30. The van der Waals surface area contributed by atoms with Gasteiger partial charge in [0.25, 0.3) is 0 Å². The molecule has 2 aromatic rings. The SMILES string of the molecule is OC(c1ccccc1)C(F)(F)C(F)(F)Sc1ccccc1. The van der Waals surface area contributed by atoms with Gasteiger partial charge in [0.15, 0.2) is 0 Å². The highest BCUT2D eigenvalue weighted by atomic mass is 32.2. The first-order valence-corrected chi connectivity index (χ1v) is 6.89. The summed E-state index contributed by atoms with van der Waals surface area (Å²) in [7, 11) is 0. The summed E-state index contributed by atoms with van der Waals surface area (Å²) in [6, 6.07) is 13.9. The molecule has 0 aliphatic heterocycles. The highest BCUT2D eigenvalue weighted by Crippen LogP contribution is 2.51. The second-order valence-electron chi connectivity index (χ2n) is 4.37. The van der Waals surface area contributed by atoms with E-state index in [1.807, 2.05) is 0 Å². The van der Waals surface area contributed by atoms with Crippen LogP contribution in [0.5, 0.6) is 0 Å². The Labute approximate surface area is 123 Å². The van der Waals surface area contributed by atoms with E-state index in [1.165, 1.54) is 48.5 Å². The van der Waals surface area contributed by atoms with E-state index in [1.54, 1.807) is 12.1 Å². The summed E-state index contributed by atoms with van der Waals surface area (Å²) in [4.78, 5) is 0.00226. The Morgan fingerprint density at radius 2 is 1.29 bits per heavy atom. The number of benzene rings is 2. The lowest BCUT2D eigenvalue weighted by molar-refractivity contribution is -0.211. The highest BCUT2D eigenvalue weighted by molar-refractivity contribution is 8.00. The van der Waals surface area contributed by atoms with Crippen LogP contribution in [0, 0.1) is 0 Å². The van der Waals surface area contributed by atoms with E-state index in [0.29, 0.717) is 0 Å². The molecule has 1 nitrogen and oxygen atoms in total. The smallest absolute Gasteiger partial charge is 0.363 e. The largest absolute Gasteiger partial charge is 0.382 e. The molecule has 0 bridgehead atoms. The van der Waals surface area contributed by atoms with Crippen molar-refractivity contribution in [3.63, 3.8) is 0 Å². The fourth-order valence-corrected chi connectivity index (χ4v) is 2.55. The molecule has 21 heavy (non-hydrogen) atoms. The maximum absolute atomic E-state index is 13.9. The molecule has 0 heterocycles. The molecule has 0 aliphatic carbocycles. The van der Waals surface area contributed by atoms with Crippen LogP contribution in [0.3, 0.4) is 0 Å². The molecule has 0 saturated heterocycles. The molecule has 0 spiro atoms. The predicted molar refractivity (Wildman–Crippen MR) is 73.6 cm³/mol. The van der Waals surface area contributed by atoms with Gasteiger partial charge in [-0.2, -0.15) is 17.6 Å². The van der Waals surface area contributed by atoms with Gasteiger partial charge in [0, 0.05) is 4.90 Å². The van der Waals surface area contributed by atoms with Crippen molar-refractivity contribution in [1.82, 2.24) is 0 Å². The minimum absolute atomic E-state index is 0.00226. The lowest BCUT2D eigenvalue weighted by atomic mass is 10.0. The third-order valence-corrected chi connectivity index (χ3v) is 3.87. The quantitative estimate of drug-likeness (QED) is 0.635. The van der Waals surface area contributed by atoms with E-state index in [2.05, 4.69) is 0 Å². The summed E-state index contributed by atoms with van der Waals surface area (Å²) in [6.07, 6.45) is -2.58. The average Bonchev–Trinajstić information content (AvgIpc) is 2.47. The van der Waals surface area contributed by atoms with Gasteiger partial charge in [-0.1, -0.05) is 48.5 Å². The van der Waals surface area contributed by atoms with E-state index in [-0.39, 0.29) is 22.2 Å². The molecule has 6 heteroatoms. The molecule has 2 aromatic carbocycles. The normalized spacial score (nSPS) is 14.0. The zero-order valence-electron chi connectivity index (χ0n) is 10.7. The van der Waals surface area contributed by atoms with Gasteiger partial charge in [0.2, 0.25) is 0 Å². The van der Waals surface area contributed by atoms with Crippen LogP contribution in [-0.4, -0.2) is 16.3 Å². The summed E-state index contributed by atoms with van der Waals surface area (Å²) in [6.45, 7) is 0. The Bertz CT molecular complexity index is 575. The van der Waals surface area contributed by atoms with Crippen LogP contribution in [0.15, 0.2) is 65.6 Å². The number of aliphatic hydroxyl groups excluding tert-OH is 1. The van der Waals surface area contributed by atoms with Gasteiger partial charge in [0.05, 0.1) is 0 Å². The number of thioether (sulfide) groups is 1. The molecule has 2 rings (SSSR count). The molecular weight excluding hydrogens is 304 g/mol. The second kappa shape index (κ2) is 6.07. The van der Waals surface area contributed by atoms with Gasteiger partial charge in [0.1, 0.15) is 6.10 Å². The van der Waals surface area contributed by atoms with Gasteiger partial charge >= 0.3 is 11.2 Å². The van der Waals surface area contributed by atoms with Crippen molar-refractivity contribution in [3.8, 4) is 0 Å². The van der Waals surface area contributed by atoms with Gasteiger partial charge in [-0.3, -0.25) is 0 Å². The minimum atomic E-state index is -4.60. The molecule has 1 atom stereocenters. The Balaban J connectivity index is 2.24.